The molecule has 2 aromatic rings. The molecule has 0 amide bonds. The van der Waals surface area contributed by atoms with Gasteiger partial charge in [-0.1, -0.05) is 0 Å². The van der Waals surface area contributed by atoms with Gasteiger partial charge in [-0.2, -0.15) is 0 Å². The molecule has 3 rings (SSSR count). The van der Waals surface area contributed by atoms with Crippen molar-refractivity contribution in [1.82, 2.24) is 0 Å². The fourth-order valence-electron chi connectivity index (χ4n) is 2.38. The van der Waals surface area contributed by atoms with Crippen LogP contribution in [0.2, 0.25) is 0 Å². The molecule has 0 fully saturated rings. The molecule has 0 bridgehead atoms. The molecule has 0 radical (unpaired) electrons. The SMILES string of the molecule is Cc1sccc1C(N)c1cc2c(s1)CCC2. The maximum absolute atomic E-state index is 6.34. The van der Waals surface area contributed by atoms with Gasteiger partial charge in [0.05, 0.1) is 6.04 Å². The summed E-state index contributed by atoms with van der Waals surface area (Å²) in [5.41, 5.74) is 9.18. The zero-order valence-corrected chi connectivity index (χ0v) is 11.0. The van der Waals surface area contributed by atoms with Gasteiger partial charge >= 0.3 is 0 Å². The Labute approximate surface area is 104 Å². The van der Waals surface area contributed by atoms with Crippen LogP contribution in [0.1, 0.15) is 38.2 Å². The molecule has 16 heavy (non-hydrogen) atoms. The summed E-state index contributed by atoms with van der Waals surface area (Å²) in [6.07, 6.45) is 3.84. The predicted molar refractivity (Wildman–Crippen MR) is 71.4 cm³/mol. The number of hydrogen-bond acceptors (Lipinski definition) is 3. The fraction of sp³-hybridized carbons (Fsp3) is 0.385. The van der Waals surface area contributed by atoms with Crippen LogP contribution in [0, 0.1) is 6.92 Å². The van der Waals surface area contributed by atoms with Crippen molar-refractivity contribution in [2.45, 2.75) is 32.2 Å². The summed E-state index contributed by atoms with van der Waals surface area (Å²) in [5, 5.41) is 2.13. The number of fused-ring (bicyclic) bond motifs is 1. The summed E-state index contributed by atoms with van der Waals surface area (Å²) in [6.45, 7) is 2.15. The summed E-state index contributed by atoms with van der Waals surface area (Å²) < 4.78 is 0. The molecule has 0 aromatic carbocycles. The van der Waals surface area contributed by atoms with Crippen molar-refractivity contribution >= 4 is 22.7 Å². The van der Waals surface area contributed by atoms with E-state index < -0.39 is 0 Å². The van der Waals surface area contributed by atoms with Crippen molar-refractivity contribution < 1.29 is 0 Å². The number of nitrogens with two attached hydrogens (primary N) is 1. The van der Waals surface area contributed by atoms with Gasteiger partial charge in [-0.3, -0.25) is 0 Å². The van der Waals surface area contributed by atoms with Crippen molar-refractivity contribution in [2.24, 2.45) is 5.73 Å². The Morgan fingerprint density at radius 2 is 2.25 bits per heavy atom. The van der Waals surface area contributed by atoms with E-state index >= 15 is 0 Å². The van der Waals surface area contributed by atoms with Crippen LogP contribution in [-0.4, -0.2) is 0 Å². The summed E-state index contributed by atoms with van der Waals surface area (Å²) in [5.74, 6) is 0. The second-order valence-electron chi connectivity index (χ2n) is 4.36. The minimum Gasteiger partial charge on any atom is -0.320 e. The third-order valence-electron chi connectivity index (χ3n) is 3.31. The monoisotopic (exact) mass is 249 g/mol. The van der Waals surface area contributed by atoms with Crippen LogP contribution in [0.15, 0.2) is 17.5 Å². The number of rotatable bonds is 2. The molecule has 0 aliphatic heterocycles. The van der Waals surface area contributed by atoms with Crippen LogP contribution >= 0.6 is 22.7 Å². The summed E-state index contributed by atoms with van der Waals surface area (Å²) in [7, 11) is 0. The van der Waals surface area contributed by atoms with Gasteiger partial charge < -0.3 is 5.73 Å². The first-order valence-electron chi connectivity index (χ1n) is 5.67. The Hall–Kier alpha value is -0.640. The Kier molecular flexibility index (Phi) is 2.62. The van der Waals surface area contributed by atoms with Gasteiger partial charge in [0.25, 0.3) is 0 Å². The van der Waals surface area contributed by atoms with Crippen LogP contribution < -0.4 is 5.73 Å². The first-order chi connectivity index (χ1) is 7.75. The van der Waals surface area contributed by atoms with E-state index in [0.29, 0.717) is 0 Å². The highest BCUT2D eigenvalue weighted by atomic mass is 32.1. The van der Waals surface area contributed by atoms with Crippen LogP contribution in [0.5, 0.6) is 0 Å². The maximum Gasteiger partial charge on any atom is 0.0656 e. The van der Waals surface area contributed by atoms with Crippen molar-refractivity contribution in [2.75, 3.05) is 0 Å². The fourth-order valence-corrected chi connectivity index (χ4v) is 4.40. The standard InChI is InChI=1S/C13H15NS2/c1-8-10(5-6-15-8)13(14)12-7-9-3-2-4-11(9)16-12/h5-7,13H,2-4,14H2,1H3. The molecule has 1 nitrogen and oxygen atoms in total. The molecule has 1 aliphatic rings. The van der Waals surface area contributed by atoms with E-state index in [1.165, 1.54) is 34.6 Å². The second-order valence-corrected chi connectivity index (χ2v) is 6.65. The first-order valence-corrected chi connectivity index (χ1v) is 7.36. The molecule has 1 aliphatic carbocycles. The van der Waals surface area contributed by atoms with Gasteiger partial charge in [-0.25, -0.2) is 0 Å². The third kappa shape index (κ3) is 1.63. The Morgan fingerprint density at radius 3 is 2.94 bits per heavy atom. The number of hydrogen-bond donors (Lipinski definition) is 1. The topological polar surface area (TPSA) is 26.0 Å². The quantitative estimate of drug-likeness (QED) is 0.863. The van der Waals surface area contributed by atoms with Crippen molar-refractivity contribution in [3.05, 3.63) is 43.3 Å². The predicted octanol–water partition coefficient (Wildman–Crippen LogP) is 3.65. The zero-order valence-electron chi connectivity index (χ0n) is 9.32. The zero-order chi connectivity index (χ0) is 11.1. The van der Waals surface area contributed by atoms with Crippen molar-refractivity contribution in [3.8, 4) is 0 Å². The lowest BCUT2D eigenvalue weighted by atomic mass is 10.1. The van der Waals surface area contributed by atoms with E-state index in [4.69, 9.17) is 5.73 Å². The van der Waals surface area contributed by atoms with Gasteiger partial charge in [0, 0.05) is 14.6 Å². The molecule has 3 heteroatoms. The van der Waals surface area contributed by atoms with Crippen LogP contribution in [0.4, 0.5) is 0 Å². The first kappa shape index (κ1) is 10.5. The van der Waals surface area contributed by atoms with Gasteiger partial charge in [-0.05, 0) is 54.8 Å². The van der Waals surface area contributed by atoms with E-state index in [1.54, 1.807) is 21.8 Å². The van der Waals surface area contributed by atoms with E-state index in [0.717, 1.165) is 0 Å². The smallest absolute Gasteiger partial charge is 0.0656 e. The van der Waals surface area contributed by atoms with Crippen molar-refractivity contribution in [3.63, 3.8) is 0 Å². The van der Waals surface area contributed by atoms with E-state index in [9.17, 15) is 0 Å². The molecule has 2 aromatic heterocycles. The molecule has 2 N–H and O–H groups in total. The van der Waals surface area contributed by atoms with Crippen LogP contribution in [0.25, 0.3) is 0 Å². The Bertz CT molecular complexity index is 488. The minimum atomic E-state index is 0.0850. The lowest BCUT2D eigenvalue weighted by Crippen LogP contribution is -2.10. The molecule has 2 heterocycles. The highest BCUT2D eigenvalue weighted by Gasteiger charge is 2.20. The largest absolute Gasteiger partial charge is 0.320 e. The van der Waals surface area contributed by atoms with Gasteiger partial charge in [0.15, 0.2) is 0 Å². The highest BCUT2D eigenvalue weighted by molar-refractivity contribution is 7.12. The Balaban J connectivity index is 1.95. The van der Waals surface area contributed by atoms with E-state index in [-0.39, 0.29) is 6.04 Å². The Morgan fingerprint density at radius 1 is 1.38 bits per heavy atom. The second kappa shape index (κ2) is 3.99. The highest BCUT2D eigenvalue weighted by Crippen LogP contribution is 2.36. The maximum atomic E-state index is 6.34. The van der Waals surface area contributed by atoms with Crippen LogP contribution in [-0.2, 0) is 12.8 Å². The summed E-state index contributed by atoms with van der Waals surface area (Å²) >= 11 is 3.70. The van der Waals surface area contributed by atoms with Gasteiger partial charge in [-0.15, -0.1) is 22.7 Å². The lowest BCUT2D eigenvalue weighted by molar-refractivity contribution is 0.880. The average molecular weight is 249 g/mol. The van der Waals surface area contributed by atoms with E-state index in [2.05, 4.69) is 24.4 Å². The van der Waals surface area contributed by atoms with Crippen molar-refractivity contribution in [1.29, 1.82) is 0 Å². The van der Waals surface area contributed by atoms with Crippen LogP contribution in [0.3, 0.4) is 0 Å². The molecular weight excluding hydrogens is 234 g/mol. The normalized spacial score (nSPS) is 16.4. The minimum absolute atomic E-state index is 0.0850. The van der Waals surface area contributed by atoms with Gasteiger partial charge in [0.1, 0.15) is 0 Å². The molecular formula is C13H15NS2. The number of thiophene rings is 2. The molecule has 1 unspecified atom stereocenters. The summed E-state index contributed by atoms with van der Waals surface area (Å²) in [6, 6.07) is 4.58. The molecule has 0 saturated heterocycles. The lowest BCUT2D eigenvalue weighted by Gasteiger charge is -2.09. The molecule has 1 atom stereocenters. The molecule has 0 saturated carbocycles. The van der Waals surface area contributed by atoms with Gasteiger partial charge in [0.2, 0.25) is 0 Å². The average Bonchev–Trinajstić information content (AvgIpc) is 2.89. The third-order valence-corrected chi connectivity index (χ3v) is 5.49. The molecule has 84 valence electrons. The van der Waals surface area contributed by atoms with E-state index in [1.807, 2.05) is 11.3 Å². The number of aryl methyl sites for hydroxylation is 3. The molecule has 0 spiro atoms. The summed E-state index contributed by atoms with van der Waals surface area (Å²) in [4.78, 5) is 4.26.